The molecule has 0 N–H and O–H groups in total. The molecule has 1 aliphatic rings. The third-order valence-electron chi connectivity index (χ3n) is 8.04. The van der Waals surface area contributed by atoms with Gasteiger partial charge in [-0.2, -0.15) is 0 Å². The fourth-order valence-electron chi connectivity index (χ4n) is 6.26. The highest BCUT2D eigenvalue weighted by atomic mass is 32.1. The highest BCUT2D eigenvalue weighted by Crippen LogP contribution is 2.54. The van der Waals surface area contributed by atoms with Crippen LogP contribution in [-0.4, -0.2) is 4.98 Å². The molecule has 41 heavy (non-hydrogen) atoms. The topological polar surface area (TPSA) is 16.1 Å². The molecule has 0 spiro atoms. The van der Waals surface area contributed by atoms with Crippen LogP contribution in [0.4, 0.5) is 17.1 Å². The Bertz CT molecular complexity index is 2230. The average molecular weight is 559 g/mol. The van der Waals surface area contributed by atoms with Gasteiger partial charge in [-0.3, -0.25) is 0 Å². The molecule has 4 heteroatoms. The summed E-state index contributed by atoms with van der Waals surface area (Å²) in [6.07, 6.45) is 0. The molecule has 9 rings (SSSR count). The second-order valence-corrected chi connectivity index (χ2v) is 12.4. The Balaban J connectivity index is 1.29. The van der Waals surface area contributed by atoms with Crippen molar-refractivity contribution in [1.29, 1.82) is 0 Å². The van der Waals surface area contributed by atoms with Crippen LogP contribution in [0, 0.1) is 0 Å². The predicted molar refractivity (Wildman–Crippen MR) is 177 cm³/mol. The van der Waals surface area contributed by atoms with Gasteiger partial charge >= 0.3 is 0 Å². The first-order valence-corrected chi connectivity index (χ1v) is 15.4. The molecular weight excluding hydrogens is 537 g/mol. The molecule has 1 aliphatic carbocycles. The van der Waals surface area contributed by atoms with Crippen molar-refractivity contribution in [3.05, 3.63) is 133 Å². The van der Waals surface area contributed by atoms with Gasteiger partial charge in [-0.15, -0.1) is 22.7 Å². The SMILES string of the molecule is c1ccc(-c2nc3c(s2)-c2cccc4c(N(c5ccccc5)c5cccc6c5sc5ccccc56)ccc-3c24)cc1. The van der Waals surface area contributed by atoms with Crippen LogP contribution in [0.5, 0.6) is 0 Å². The van der Waals surface area contributed by atoms with E-state index in [2.05, 4.69) is 138 Å². The first-order valence-electron chi connectivity index (χ1n) is 13.7. The smallest absolute Gasteiger partial charge is 0.124 e. The molecule has 2 nitrogen and oxygen atoms in total. The van der Waals surface area contributed by atoms with Crippen molar-refractivity contribution in [1.82, 2.24) is 4.98 Å². The molecule has 2 aromatic heterocycles. The Hall–Kier alpha value is -4.77. The van der Waals surface area contributed by atoms with Crippen LogP contribution < -0.4 is 4.90 Å². The van der Waals surface area contributed by atoms with E-state index in [4.69, 9.17) is 4.98 Å². The molecule has 0 saturated heterocycles. The van der Waals surface area contributed by atoms with Gasteiger partial charge < -0.3 is 4.90 Å². The fourth-order valence-corrected chi connectivity index (χ4v) is 8.58. The highest BCUT2D eigenvalue weighted by Gasteiger charge is 2.29. The van der Waals surface area contributed by atoms with E-state index in [1.54, 1.807) is 11.3 Å². The fraction of sp³-hybridized carbons (Fsp3) is 0. The normalized spacial score (nSPS) is 11.9. The molecule has 0 atom stereocenters. The lowest BCUT2D eigenvalue weighted by molar-refractivity contribution is 1.32. The summed E-state index contributed by atoms with van der Waals surface area (Å²) in [5.74, 6) is 0. The summed E-state index contributed by atoms with van der Waals surface area (Å²) in [6, 6.07) is 48.0. The first-order chi connectivity index (χ1) is 20.3. The Morgan fingerprint density at radius 1 is 0.512 bits per heavy atom. The van der Waals surface area contributed by atoms with Crippen LogP contribution in [0.2, 0.25) is 0 Å². The van der Waals surface area contributed by atoms with Gasteiger partial charge in [-0.05, 0) is 30.3 Å². The third-order valence-corrected chi connectivity index (χ3v) is 10.4. The minimum Gasteiger partial charge on any atom is -0.308 e. The van der Waals surface area contributed by atoms with Crippen molar-refractivity contribution in [3.8, 4) is 32.3 Å². The summed E-state index contributed by atoms with van der Waals surface area (Å²) in [5, 5.41) is 6.23. The molecule has 6 aromatic carbocycles. The van der Waals surface area contributed by atoms with Crippen LogP contribution in [0.15, 0.2) is 133 Å². The van der Waals surface area contributed by atoms with Crippen LogP contribution in [0.3, 0.4) is 0 Å². The second kappa shape index (κ2) is 8.87. The second-order valence-electron chi connectivity index (χ2n) is 10.3. The number of benzene rings is 6. The lowest BCUT2D eigenvalue weighted by Crippen LogP contribution is -2.10. The number of hydrogen-bond donors (Lipinski definition) is 0. The van der Waals surface area contributed by atoms with Crippen molar-refractivity contribution in [2.75, 3.05) is 4.90 Å². The number of rotatable bonds is 4. The molecule has 8 aromatic rings. The van der Waals surface area contributed by atoms with E-state index in [0.717, 1.165) is 16.4 Å². The zero-order chi connectivity index (χ0) is 26.9. The van der Waals surface area contributed by atoms with Gasteiger partial charge in [0.15, 0.2) is 0 Å². The number of nitrogens with zero attached hydrogens (tertiary/aromatic N) is 2. The quantitative estimate of drug-likeness (QED) is 0.214. The molecule has 0 aliphatic heterocycles. The van der Waals surface area contributed by atoms with E-state index >= 15 is 0 Å². The lowest BCUT2D eigenvalue weighted by atomic mass is 10.0. The maximum atomic E-state index is 5.16. The number of aromatic nitrogens is 1. The van der Waals surface area contributed by atoms with E-state index in [1.807, 2.05) is 11.3 Å². The summed E-state index contributed by atoms with van der Waals surface area (Å²) in [4.78, 5) is 8.87. The van der Waals surface area contributed by atoms with Gasteiger partial charge in [0, 0.05) is 48.6 Å². The van der Waals surface area contributed by atoms with Crippen LogP contribution >= 0.6 is 22.7 Å². The summed E-state index contributed by atoms with van der Waals surface area (Å²) < 4.78 is 2.61. The van der Waals surface area contributed by atoms with E-state index < -0.39 is 0 Å². The minimum atomic E-state index is 1.07. The molecule has 192 valence electrons. The summed E-state index contributed by atoms with van der Waals surface area (Å²) in [6.45, 7) is 0. The standard InChI is InChI=1S/C37H22N2S2/c1-3-11-23(12-4-1)37-38-34-28-21-22-30(27-17-9-18-29(33(27)28)36(34)41-37)39(24-13-5-2-6-14-24)31-19-10-16-26-25-15-7-8-20-32(25)40-35(26)31/h1-22H. The van der Waals surface area contributed by atoms with Crippen molar-refractivity contribution < 1.29 is 0 Å². The van der Waals surface area contributed by atoms with E-state index in [9.17, 15) is 0 Å². The highest BCUT2D eigenvalue weighted by molar-refractivity contribution is 7.26. The summed E-state index contributed by atoms with van der Waals surface area (Å²) >= 11 is 3.66. The zero-order valence-electron chi connectivity index (χ0n) is 21.9. The number of thiazole rings is 1. The Labute approximate surface area is 245 Å². The first kappa shape index (κ1) is 23.0. The zero-order valence-corrected chi connectivity index (χ0v) is 23.5. The van der Waals surface area contributed by atoms with Gasteiger partial charge in [-0.1, -0.05) is 103 Å². The Kier molecular flexibility index (Phi) is 4.97. The molecule has 0 bridgehead atoms. The molecule has 2 heterocycles. The molecular formula is C37H22N2S2. The van der Waals surface area contributed by atoms with Crippen molar-refractivity contribution in [2.24, 2.45) is 0 Å². The van der Waals surface area contributed by atoms with Crippen molar-refractivity contribution in [3.63, 3.8) is 0 Å². The van der Waals surface area contributed by atoms with Gasteiger partial charge in [-0.25, -0.2) is 4.98 Å². The van der Waals surface area contributed by atoms with Gasteiger partial charge in [0.05, 0.1) is 26.6 Å². The van der Waals surface area contributed by atoms with Crippen LogP contribution in [0.1, 0.15) is 0 Å². The molecule has 0 saturated carbocycles. The third kappa shape index (κ3) is 3.38. The van der Waals surface area contributed by atoms with Gasteiger partial charge in [0.1, 0.15) is 5.01 Å². The lowest BCUT2D eigenvalue weighted by Gasteiger charge is -2.27. The minimum absolute atomic E-state index is 1.07. The van der Waals surface area contributed by atoms with E-state index in [1.165, 1.54) is 63.9 Å². The molecule has 0 amide bonds. The van der Waals surface area contributed by atoms with E-state index in [-0.39, 0.29) is 0 Å². The number of fused-ring (bicyclic) bond motifs is 6. The molecule has 0 radical (unpaired) electrons. The monoisotopic (exact) mass is 558 g/mol. The molecule has 0 unspecified atom stereocenters. The van der Waals surface area contributed by atoms with Gasteiger partial charge in [0.2, 0.25) is 0 Å². The number of hydrogen-bond acceptors (Lipinski definition) is 4. The van der Waals surface area contributed by atoms with Crippen molar-refractivity contribution in [2.45, 2.75) is 0 Å². The Morgan fingerprint density at radius 3 is 2.12 bits per heavy atom. The summed E-state index contributed by atoms with van der Waals surface area (Å²) in [7, 11) is 0. The van der Waals surface area contributed by atoms with Crippen molar-refractivity contribution >= 4 is 70.7 Å². The van der Waals surface area contributed by atoms with Crippen LogP contribution in [0.25, 0.3) is 63.2 Å². The van der Waals surface area contributed by atoms with Gasteiger partial charge in [0.25, 0.3) is 0 Å². The maximum absolute atomic E-state index is 5.16. The number of thiophene rings is 1. The number of anilines is 3. The maximum Gasteiger partial charge on any atom is 0.124 e. The average Bonchev–Trinajstić information content (AvgIpc) is 3.72. The Morgan fingerprint density at radius 2 is 1.24 bits per heavy atom. The van der Waals surface area contributed by atoms with Crippen LogP contribution in [-0.2, 0) is 0 Å². The largest absolute Gasteiger partial charge is 0.308 e. The summed E-state index contributed by atoms with van der Waals surface area (Å²) in [5.41, 5.74) is 8.31. The predicted octanol–water partition coefficient (Wildman–Crippen LogP) is 11.4. The molecule has 0 fully saturated rings. The number of para-hydroxylation sites is 1. The van der Waals surface area contributed by atoms with E-state index in [0.29, 0.717) is 0 Å².